The van der Waals surface area contributed by atoms with Gasteiger partial charge < -0.3 is 0 Å². The van der Waals surface area contributed by atoms with Gasteiger partial charge in [-0.05, 0) is 44.1 Å². The molecule has 0 spiro atoms. The topological polar surface area (TPSA) is 0 Å². The van der Waals surface area contributed by atoms with Crippen molar-refractivity contribution in [3.63, 3.8) is 0 Å². The molecule has 0 aliphatic rings. The molecule has 1 rings (SSSR count). The fourth-order valence-electron chi connectivity index (χ4n) is 1.66. The molecule has 1 aromatic carbocycles. The summed E-state index contributed by atoms with van der Waals surface area (Å²) in [5, 5.41) is 0. The normalized spacial score (nSPS) is 12.2. The highest BCUT2D eigenvalue weighted by Crippen LogP contribution is 2.16. The summed E-state index contributed by atoms with van der Waals surface area (Å²) in [4.78, 5) is 0. The van der Waals surface area contributed by atoms with Gasteiger partial charge in [0.05, 0.1) is 0 Å². The molecular formula is C19H20. The molecule has 0 nitrogen and oxygen atoms in total. The van der Waals surface area contributed by atoms with Gasteiger partial charge in [0.25, 0.3) is 0 Å². The third-order valence-corrected chi connectivity index (χ3v) is 2.53. The van der Waals surface area contributed by atoms with E-state index in [1.54, 1.807) is 0 Å². The van der Waals surface area contributed by atoms with Crippen molar-refractivity contribution in [2.45, 2.75) is 20.8 Å². The maximum atomic E-state index is 4.02. The van der Waals surface area contributed by atoms with E-state index in [0.29, 0.717) is 0 Å². The SMILES string of the molecule is C=C(C)C(/C=C\C)=C(C#Cc1ccccc1)\C=C/C. The molecule has 96 valence electrons. The first-order valence-electron chi connectivity index (χ1n) is 6.41. The Labute approximate surface area is 116 Å². The molecule has 0 saturated heterocycles. The maximum absolute atomic E-state index is 4.02. The lowest BCUT2D eigenvalue weighted by molar-refractivity contribution is 1.41. The number of hydrogen-bond donors (Lipinski definition) is 0. The van der Waals surface area contributed by atoms with Gasteiger partial charge in [0.15, 0.2) is 0 Å². The molecule has 0 atom stereocenters. The second-order valence-corrected chi connectivity index (χ2v) is 4.22. The Bertz CT molecular complexity index is 569. The summed E-state index contributed by atoms with van der Waals surface area (Å²) in [5.41, 5.74) is 4.13. The largest absolute Gasteiger partial charge is 0.0955 e. The van der Waals surface area contributed by atoms with Gasteiger partial charge in [-0.3, -0.25) is 0 Å². The van der Waals surface area contributed by atoms with E-state index in [1.165, 1.54) is 0 Å². The molecule has 0 N–H and O–H groups in total. The number of allylic oxidation sites excluding steroid dienone is 7. The third-order valence-electron chi connectivity index (χ3n) is 2.53. The van der Waals surface area contributed by atoms with Gasteiger partial charge in [0.2, 0.25) is 0 Å². The monoisotopic (exact) mass is 248 g/mol. The van der Waals surface area contributed by atoms with Gasteiger partial charge in [-0.2, -0.15) is 0 Å². The molecule has 0 saturated carbocycles. The Morgan fingerprint density at radius 2 is 1.68 bits per heavy atom. The van der Waals surface area contributed by atoms with Gasteiger partial charge in [-0.25, -0.2) is 0 Å². The third kappa shape index (κ3) is 4.85. The average Bonchev–Trinajstić information content (AvgIpc) is 2.42. The first-order chi connectivity index (χ1) is 9.19. The molecule has 0 aromatic heterocycles. The Morgan fingerprint density at radius 1 is 1.05 bits per heavy atom. The Kier molecular flexibility index (Phi) is 6.19. The van der Waals surface area contributed by atoms with Gasteiger partial charge in [0.1, 0.15) is 0 Å². The molecular weight excluding hydrogens is 228 g/mol. The van der Waals surface area contributed by atoms with Gasteiger partial charge in [-0.15, -0.1) is 0 Å². The fraction of sp³-hybridized carbons (Fsp3) is 0.158. The number of rotatable bonds is 3. The lowest BCUT2D eigenvalue weighted by atomic mass is 10.0. The van der Waals surface area contributed by atoms with Crippen LogP contribution in [0.15, 0.2) is 77.9 Å². The summed E-state index contributed by atoms with van der Waals surface area (Å²) in [5.74, 6) is 6.42. The van der Waals surface area contributed by atoms with Crippen LogP contribution in [0.4, 0.5) is 0 Å². The van der Waals surface area contributed by atoms with E-state index in [1.807, 2.05) is 69.3 Å². The minimum atomic E-state index is 0.997. The zero-order valence-corrected chi connectivity index (χ0v) is 11.9. The molecule has 0 amide bonds. The summed E-state index contributed by atoms with van der Waals surface area (Å²) in [7, 11) is 0. The van der Waals surface area contributed by atoms with E-state index in [9.17, 15) is 0 Å². The second-order valence-electron chi connectivity index (χ2n) is 4.22. The summed E-state index contributed by atoms with van der Waals surface area (Å²) in [6, 6.07) is 10.0. The Balaban J connectivity index is 3.26. The number of benzene rings is 1. The van der Waals surface area contributed by atoms with Crippen LogP contribution in [0.25, 0.3) is 0 Å². The second kappa shape index (κ2) is 7.95. The highest BCUT2D eigenvalue weighted by atomic mass is 14.0. The van der Waals surface area contributed by atoms with Crippen molar-refractivity contribution in [2.24, 2.45) is 0 Å². The predicted octanol–water partition coefficient (Wildman–Crippen LogP) is 5.06. The van der Waals surface area contributed by atoms with E-state index in [0.717, 1.165) is 22.3 Å². The van der Waals surface area contributed by atoms with Crippen LogP contribution >= 0.6 is 0 Å². The molecule has 0 heterocycles. The van der Waals surface area contributed by atoms with Crippen molar-refractivity contribution in [1.29, 1.82) is 0 Å². The van der Waals surface area contributed by atoms with Crippen molar-refractivity contribution in [2.75, 3.05) is 0 Å². The molecule has 1 aromatic rings. The Hall–Kier alpha value is -2.26. The molecule has 0 radical (unpaired) electrons. The quantitative estimate of drug-likeness (QED) is 0.518. The van der Waals surface area contributed by atoms with E-state index < -0.39 is 0 Å². The zero-order chi connectivity index (χ0) is 14.1. The molecule has 0 bridgehead atoms. The maximum Gasteiger partial charge on any atom is 0.0320 e. The molecule has 0 aliphatic carbocycles. The average molecular weight is 248 g/mol. The first kappa shape index (κ1) is 14.8. The van der Waals surface area contributed by atoms with Crippen LogP contribution < -0.4 is 0 Å². The van der Waals surface area contributed by atoms with Crippen LogP contribution in [0, 0.1) is 11.8 Å². The molecule has 19 heavy (non-hydrogen) atoms. The summed E-state index contributed by atoms with van der Waals surface area (Å²) in [6.07, 6.45) is 8.09. The van der Waals surface area contributed by atoms with Crippen LogP contribution in [0.3, 0.4) is 0 Å². The van der Waals surface area contributed by atoms with Crippen LogP contribution in [0.5, 0.6) is 0 Å². The molecule has 0 heteroatoms. The van der Waals surface area contributed by atoms with Gasteiger partial charge in [-0.1, -0.05) is 60.9 Å². The summed E-state index contributed by atoms with van der Waals surface area (Å²) < 4.78 is 0. The van der Waals surface area contributed by atoms with E-state index in [2.05, 4.69) is 24.5 Å². The van der Waals surface area contributed by atoms with Crippen LogP contribution in [0.2, 0.25) is 0 Å². The minimum absolute atomic E-state index is 0.997. The summed E-state index contributed by atoms with van der Waals surface area (Å²) >= 11 is 0. The first-order valence-corrected chi connectivity index (χ1v) is 6.41. The van der Waals surface area contributed by atoms with Crippen LogP contribution in [-0.4, -0.2) is 0 Å². The Morgan fingerprint density at radius 3 is 2.21 bits per heavy atom. The molecule has 0 fully saturated rings. The van der Waals surface area contributed by atoms with Crippen molar-refractivity contribution in [1.82, 2.24) is 0 Å². The van der Waals surface area contributed by atoms with Crippen molar-refractivity contribution < 1.29 is 0 Å². The van der Waals surface area contributed by atoms with Gasteiger partial charge in [0, 0.05) is 11.1 Å². The van der Waals surface area contributed by atoms with E-state index in [4.69, 9.17) is 0 Å². The van der Waals surface area contributed by atoms with Gasteiger partial charge >= 0.3 is 0 Å². The lowest BCUT2D eigenvalue weighted by Crippen LogP contribution is -1.86. The molecule has 0 aliphatic heterocycles. The molecule has 0 unspecified atom stereocenters. The van der Waals surface area contributed by atoms with Crippen molar-refractivity contribution in [3.05, 3.63) is 83.5 Å². The van der Waals surface area contributed by atoms with E-state index in [-0.39, 0.29) is 0 Å². The lowest BCUT2D eigenvalue weighted by Gasteiger charge is -2.03. The summed E-state index contributed by atoms with van der Waals surface area (Å²) in [6.45, 7) is 10.0. The predicted molar refractivity (Wildman–Crippen MR) is 84.8 cm³/mol. The van der Waals surface area contributed by atoms with Crippen molar-refractivity contribution >= 4 is 0 Å². The van der Waals surface area contributed by atoms with Crippen molar-refractivity contribution in [3.8, 4) is 11.8 Å². The fourth-order valence-corrected chi connectivity index (χ4v) is 1.66. The van der Waals surface area contributed by atoms with Crippen LogP contribution in [-0.2, 0) is 0 Å². The smallest absolute Gasteiger partial charge is 0.0320 e. The highest BCUT2D eigenvalue weighted by Gasteiger charge is 1.99. The highest BCUT2D eigenvalue weighted by molar-refractivity contribution is 5.55. The number of hydrogen-bond acceptors (Lipinski definition) is 0. The minimum Gasteiger partial charge on any atom is -0.0955 e. The standard InChI is InChI=1S/C19H20/c1-5-10-18(19(11-6-2)16(3)4)15-14-17-12-8-7-9-13-17/h5-13H,3H2,1-2,4H3/b10-5-,11-6-,19-18+. The zero-order valence-electron chi connectivity index (χ0n) is 11.9. The van der Waals surface area contributed by atoms with E-state index >= 15 is 0 Å². The van der Waals surface area contributed by atoms with Crippen LogP contribution in [0.1, 0.15) is 26.3 Å².